The zero-order valence-corrected chi connectivity index (χ0v) is 13.3. The first kappa shape index (κ1) is 16.3. The number of thioether (sulfide) groups is 1. The highest BCUT2D eigenvalue weighted by molar-refractivity contribution is 7.99. The highest BCUT2D eigenvalue weighted by Crippen LogP contribution is 2.21. The SMILES string of the molecule is CCSCCC(C)Nc1ccccc1S(=O)(=O)NC. The maximum Gasteiger partial charge on any atom is 0.242 e. The van der Waals surface area contributed by atoms with Gasteiger partial charge in [0.2, 0.25) is 10.0 Å². The van der Waals surface area contributed by atoms with Gasteiger partial charge in [0.15, 0.2) is 0 Å². The van der Waals surface area contributed by atoms with Gasteiger partial charge in [-0.2, -0.15) is 11.8 Å². The van der Waals surface area contributed by atoms with E-state index < -0.39 is 10.0 Å². The molecule has 1 rings (SSSR count). The van der Waals surface area contributed by atoms with E-state index in [4.69, 9.17) is 0 Å². The second-order valence-corrected chi connectivity index (χ2v) is 7.48. The highest BCUT2D eigenvalue weighted by Gasteiger charge is 2.16. The van der Waals surface area contributed by atoms with Gasteiger partial charge >= 0.3 is 0 Å². The van der Waals surface area contributed by atoms with Gasteiger partial charge in [0.1, 0.15) is 4.90 Å². The molecular formula is C13H22N2O2S2. The second kappa shape index (κ2) is 7.77. The van der Waals surface area contributed by atoms with Crippen molar-refractivity contribution in [2.75, 3.05) is 23.9 Å². The van der Waals surface area contributed by atoms with Crippen LogP contribution in [0.1, 0.15) is 20.3 Å². The first-order valence-corrected chi connectivity index (χ1v) is 9.02. The molecule has 0 aliphatic carbocycles. The van der Waals surface area contributed by atoms with E-state index >= 15 is 0 Å². The van der Waals surface area contributed by atoms with Crippen molar-refractivity contribution in [3.05, 3.63) is 24.3 Å². The Morgan fingerprint density at radius 2 is 2.00 bits per heavy atom. The lowest BCUT2D eigenvalue weighted by atomic mass is 10.2. The fourth-order valence-electron chi connectivity index (χ4n) is 1.67. The summed E-state index contributed by atoms with van der Waals surface area (Å²) < 4.78 is 26.2. The summed E-state index contributed by atoms with van der Waals surface area (Å²) in [4.78, 5) is 0.299. The summed E-state index contributed by atoms with van der Waals surface area (Å²) in [6, 6.07) is 7.22. The van der Waals surface area contributed by atoms with Gasteiger partial charge in [0.25, 0.3) is 0 Å². The Morgan fingerprint density at radius 3 is 2.63 bits per heavy atom. The predicted octanol–water partition coefficient (Wildman–Crippen LogP) is 2.54. The van der Waals surface area contributed by atoms with Gasteiger partial charge in [-0.15, -0.1) is 0 Å². The minimum absolute atomic E-state index is 0.243. The van der Waals surface area contributed by atoms with Gasteiger partial charge in [-0.25, -0.2) is 13.1 Å². The Kier molecular flexibility index (Phi) is 6.68. The van der Waals surface area contributed by atoms with Crippen LogP contribution >= 0.6 is 11.8 Å². The Morgan fingerprint density at radius 1 is 1.32 bits per heavy atom. The molecule has 4 nitrogen and oxygen atoms in total. The minimum Gasteiger partial charge on any atom is -0.381 e. The summed E-state index contributed by atoms with van der Waals surface area (Å²) in [6.07, 6.45) is 1.01. The van der Waals surface area contributed by atoms with Gasteiger partial charge in [-0.05, 0) is 44.0 Å². The Bertz CT molecular complexity index is 489. The molecule has 0 saturated carbocycles. The number of benzene rings is 1. The third-order valence-electron chi connectivity index (χ3n) is 2.75. The van der Waals surface area contributed by atoms with Crippen molar-refractivity contribution in [2.45, 2.75) is 31.2 Å². The van der Waals surface area contributed by atoms with Crippen LogP contribution in [0.2, 0.25) is 0 Å². The van der Waals surface area contributed by atoms with Crippen LogP contribution < -0.4 is 10.0 Å². The summed E-state index contributed by atoms with van der Waals surface area (Å²) in [7, 11) is -1.99. The van der Waals surface area contributed by atoms with E-state index in [2.05, 4.69) is 23.9 Å². The molecule has 1 atom stereocenters. The lowest BCUT2D eigenvalue weighted by molar-refractivity contribution is 0.588. The quantitative estimate of drug-likeness (QED) is 0.725. The number of hydrogen-bond acceptors (Lipinski definition) is 4. The van der Waals surface area contributed by atoms with E-state index in [9.17, 15) is 8.42 Å². The van der Waals surface area contributed by atoms with Crippen LogP contribution in [-0.2, 0) is 10.0 Å². The van der Waals surface area contributed by atoms with Crippen LogP contribution in [0, 0.1) is 0 Å². The smallest absolute Gasteiger partial charge is 0.242 e. The Balaban J connectivity index is 2.79. The van der Waals surface area contributed by atoms with Gasteiger partial charge in [0, 0.05) is 6.04 Å². The molecule has 0 aliphatic heterocycles. The molecule has 0 spiro atoms. The minimum atomic E-state index is -3.42. The highest BCUT2D eigenvalue weighted by atomic mass is 32.2. The average Bonchev–Trinajstić information content (AvgIpc) is 2.39. The summed E-state index contributed by atoms with van der Waals surface area (Å²) in [5.41, 5.74) is 0.658. The fourth-order valence-corrected chi connectivity index (χ4v) is 3.38. The zero-order valence-electron chi connectivity index (χ0n) is 11.6. The average molecular weight is 302 g/mol. The molecule has 0 bridgehead atoms. The van der Waals surface area contributed by atoms with Gasteiger partial charge < -0.3 is 5.32 Å². The third kappa shape index (κ3) is 5.04. The molecule has 0 aromatic heterocycles. The van der Waals surface area contributed by atoms with E-state index in [1.165, 1.54) is 7.05 Å². The molecule has 0 saturated heterocycles. The normalized spacial score (nSPS) is 13.2. The molecular weight excluding hydrogens is 280 g/mol. The standard InChI is InChI=1S/C13H22N2O2S2/c1-4-18-10-9-11(2)15-12-7-5-6-8-13(12)19(16,17)14-3/h5-8,11,14-15H,4,9-10H2,1-3H3. The monoisotopic (exact) mass is 302 g/mol. The van der Waals surface area contributed by atoms with E-state index in [0.717, 1.165) is 17.9 Å². The van der Waals surface area contributed by atoms with Crippen LogP contribution in [-0.4, -0.2) is 33.0 Å². The number of para-hydroxylation sites is 1. The van der Waals surface area contributed by atoms with Gasteiger partial charge in [-0.1, -0.05) is 19.1 Å². The van der Waals surface area contributed by atoms with Gasteiger partial charge in [0.05, 0.1) is 5.69 Å². The maximum atomic E-state index is 11.9. The van der Waals surface area contributed by atoms with Crippen molar-refractivity contribution in [3.8, 4) is 0 Å². The maximum absolute atomic E-state index is 11.9. The molecule has 6 heteroatoms. The first-order valence-electron chi connectivity index (χ1n) is 6.38. The fraction of sp³-hybridized carbons (Fsp3) is 0.538. The molecule has 1 aromatic carbocycles. The first-order chi connectivity index (χ1) is 9.01. The lowest BCUT2D eigenvalue weighted by Crippen LogP contribution is -2.22. The molecule has 1 aromatic rings. The topological polar surface area (TPSA) is 58.2 Å². The predicted molar refractivity (Wildman–Crippen MR) is 83.4 cm³/mol. The van der Waals surface area contributed by atoms with Crippen molar-refractivity contribution in [2.24, 2.45) is 0 Å². The Labute approximate surface area is 120 Å². The van der Waals surface area contributed by atoms with E-state index in [1.54, 1.807) is 18.2 Å². The summed E-state index contributed by atoms with van der Waals surface area (Å²) in [5, 5.41) is 3.28. The van der Waals surface area contributed by atoms with Crippen LogP contribution in [0.4, 0.5) is 5.69 Å². The second-order valence-electron chi connectivity index (χ2n) is 4.23. The molecule has 1 unspecified atom stereocenters. The van der Waals surface area contributed by atoms with Crippen molar-refractivity contribution in [1.82, 2.24) is 4.72 Å². The van der Waals surface area contributed by atoms with Crippen molar-refractivity contribution >= 4 is 27.5 Å². The summed E-state index contributed by atoms with van der Waals surface area (Å²) >= 11 is 1.89. The van der Waals surface area contributed by atoms with Crippen LogP contribution in [0.25, 0.3) is 0 Å². The molecule has 0 heterocycles. The van der Waals surface area contributed by atoms with Crippen molar-refractivity contribution < 1.29 is 8.42 Å². The summed E-state index contributed by atoms with van der Waals surface area (Å²) in [6.45, 7) is 4.20. The molecule has 0 aliphatic rings. The van der Waals surface area contributed by atoms with E-state index in [1.807, 2.05) is 17.8 Å². The van der Waals surface area contributed by atoms with E-state index in [0.29, 0.717) is 10.6 Å². The van der Waals surface area contributed by atoms with Crippen molar-refractivity contribution in [1.29, 1.82) is 0 Å². The molecule has 108 valence electrons. The Hall–Kier alpha value is -0.720. The third-order valence-corrected chi connectivity index (χ3v) is 5.15. The molecule has 2 N–H and O–H groups in total. The number of hydrogen-bond donors (Lipinski definition) is 2. The molecule has 0 radical (unpaired) electrons. The summed E-state index contributed by atoms with van der Waals surface area (Å²) in [5.74, 6) is 2.18. The lowest BCUT2D eigenvalue weighted by Gasteiger charge is -2.17. The number of nitrogens with one attached hydrogen (secondary N) is 2. The molecule has 0 fully saturated rings. The molecule has 19 heavy (non-hydrogen) atoms. The number of sulfonamides is 1. The molecule has 0 amide bonds. The van der Waals surface area contributed by atoms with Crippen LogP contribution in [0.5, 0.6) is 0 Å². The van der Waals surface area contributed by atoms with Gasteiger partial charge in [-0.3, -0.25) is 0 Å². The van der Waals surface area contributed by atoms with Crippen LogP contribution in [0.3, 0.4) is 0 Å². The number of rotatable bonds is 8. The number of anilines is 1. The largest absolute Gasteiger partial charge is 0.381 e. The van der Waals surface area contributed by atoms with E-state index in [-0.39, 0.29) is 6.04 Å². The van der Waals surface area contributed by atoms with Crippen LogP contribution in [0.15, 0.2) is 29.2 Å². The van der Waals surface area contributed by atoms with Crippen molar-refractivity contribution in [3.63, 3.8) is 0 Å². The zero-order chi connectivity index (χ0) is 14.3.